The quantitative estimate of drug-likeness (QED) is 0.102. The van der Waals surface area contributed by atoms with E-state index in [4.69, 9.17) is 53.6 Å². The van der Waals surface area contributed by atoms with E-state index in [-0.39, 0.29) is 5.28 Å². The van der Waals surface area contributed by atoms with Crippen LogP contribution in [0.15, 0.2) is 191 Å². The van der Waals surface area contributed by atoms with Crippen LogP contribution in [0.3, 0.4) is 0 Å². The Labute approximate surface area is 421 Å². The molecule has 336 valence electrons. The van der Waals surface area contributed by atoms with Gasteiger partial charge in [-0.1, -0.05) is 151 Å². The van der Waals surface area contributed by atoms with Crippen LogP contribution in [0.25, 0.3) is 113 Å². The fraction of sp³-hybridized carbons (Fsp3) is 0. The summed E-state index contributed by atoms with van der Waals surface area (Å²) in [5.41, 5.74) is 7.93. The van der Waals surface area contributed by atoms with Crippen molar-refractivity contribution in [2.75, 3.05) is 0 Å². The molecular weight excluding hydrogens is 976 g/mol. The van der Waals surface area contributed by atoms with Gasteiger partial charge in [-0.2, -0.15) is 4.98 Å². The van der Waals surface area contributed by atoms with Crippen LogP contribution in [0, 0.1) is 0 Å². The van der Waals surface area contributed by atoms with Crippen molar-refractivity contribution in [1.29, 1.82) is 0 Å². The lowest BCUT2D eigenvalue weighted by Crippen LogP contribution is -2.30. The van der Waals surface area contributed by atoms with E-state index < -0.39 is 7.12 Å². The standard InChI is InChI=1S/C28H15ClN2OS.C15H8Cl2N3S.C12H9BO3/c29-21-14-7-12-19-24-27(33-26(19)21)23(16-8-2-1-3-9-16)30-28(31-24)20-13-6-11-18-17-10-4-5-15-22(17)32-25(18)20;16-10-6-4-5-9-11-13(21-12(9)10)14(19-15(17)18-11)20-7-2-1-3-8-20;14-13(15)10-6-3-5-9-8-4-1-2-7-11(8)16-12(9)10/h1-15H;1-8H;1-7,14-15H/q;+1;. The van der Waals surface area contributed by atoms with Crippen molar-refractivity contribution < 1.29 is 23.4 Å². The molecule has 9 nitrogen and oxygen atoms in total. The number of rotatable bonds is 4. The zero-order valence-corrected chi connectivity index (χ0v) is 40.2. The van der Waals surface area contributed by atoms with E-state index in [0.29, 0.717) is 16.9 Å². The van der Waals surface area contributed by atoms with E-state index >= 15 is 0 Å². The van der Waals surface area contributed by atoms with Gasteiger partial charge in [-0.3, -0.25) is 0 Å². The second-order valence-electron chi connectivity index (χ2n) is 16.1. The Morgan fingerprint density at radius 1 is 0.457 bits per heavy atom. The highest BCUT2D eigenvalue weighted by Gasteiger charge is 2.24. The maximum atomic E-state index is 9.24. The average molecular weight is 1010 g/mol. The van der Waals surface area contributed by atoms with Crippen molar-refractivity contribution in [2.24, 2.45) is 0 Å². The third-order valence-electron chi connectivity index (χ3n) is 11.9. The summed E-state index contributed by atoms with van der Waals surface area (Å²) in [6.45, 7) is 0. The van der Waals surface area contributed by atoms with Crippen molar-refractivity contribution in [3.8, 4) is 28.5 Å². The summed E-state index contributed by atoms with van der Waals surface area (Å²) in [6, 6.07) is 55.1. The summed E-state index contributed by atoms with van der Waals surface area (Å²) in [5, 5.41) is 26.3. The Morgan fingerprint density at radius 3 is 1.66 bits per heavy atom. The maximum absolute atomic E-state index is 9.24. The number of halogens is 3. The summed E-state index contributed by atoms with van der Waals surface area (Å²) >= 11 is 22.2. The van der Waals surface area contributed by atoms with Gasteiger partial charge in [0.15, 0.2) is 5.82 Å². The lowest BCUT2D eigenvalue weighted by atomic mass is 9.79. The molecule has 0 bridgehead atoms. The molecule has 0 fully saturated rings. The van der Waals surface area contributed by atoms with Gasteiger partial charge in [0, 0.05) is 43.3 Å². The average Bonchev–Trinajstić information content (AvgIpc) is 4.18. The Balaban J connectivity index is 0.000000117. The molecule has 0 saturated heterocycles. The predicted octanol–water partition coefficient (Wildman–Crippen LogP) is 14.4. The monoisotopic (exact) mass is 1010 g/mol. The van der Waals surface area contributed by atoms with Crippen molar-refractivity contribution in [3.05, 3.63) is 198 Å². The van der Waals surface area contributed by atoms with E-state index in [9.17, 15) is 10.0 Å². The van der Waals surface area contributed by atoms with E-state index in [0.717, 1.165) is 112 Å². The first-order valence-electron chi connectivity index (χ1n) is 21.9. The van der Waals surface area contributed by atoms with Crippen LogP contribution in [0.4, 0.5) is 0 Å². The fourth-order valence-electron chi connectivity index (χ4n) is 8.74. The van der Waals surface area contributed by atoms with E-state index in [1.165, 1.54) is 0 Å². The molecule has 0 spiro atoms. The van der Waals surface area contributed by atoms with Gasteiger partial charge in [0.25, 0.3) is 0 Å². The van der Waals surface area contributed by atoms with Gasteiger partial charge >= 0.3 is 18.2 Å². The van der Waals surface area contributed by atoms with E-state index in [1.807, 2.05) is 144 Å². The SMILES string of the molecule is Clc1cccc2c1sc1c(-c3ccccc3)nc(-c3cccc4c3oc3ccccc34)nc12.Clc1nc(-[n+]2ccccc2)c2sc3c(Cl)cccc3c2n1.OB(O)c1cccc2c1oc1ccccc12. The Hall–Kier alpha value is -7.26. The first-order valence-corrected chi connectivity index (χ1v) is 24.7. The van der Waals surface area contributed by atoms with Gasteiger partial charge in [-0.25, -0.2) is 14.5 Å². The number of hydrogen-bond acceptors (Lipinski definition) is 10. The number of fused-ring (bicyclic) bond motifs is 12. The molecule has 0 radical (unpaired) electrons. The molecule has 7 aromatic heterocycles. The molecule has 14 aromatic rings. The second kappa shape index (κ2) is 18.2. The number of benzene rings is 7. The molecule has 0 atom stereocenters. The Bertz CT molecular complexity index is 4300. The summed E-state index contributed by atoms with van der Waals surface area (Å²) in [6.07, 6.45) is 3.87. The zero-order valence-electron chi connectivity index (χ0n) is 36.3. The molecule has 2 N–H and O–H groups in total. The minimum Gasteiger partial charge on any atom is -0.456 e. The van der Waals surface area contributed by atoms with Gasteiger partial charge in [0.1, 0.15) is 32.5 Å². The van der Waals surface area contributed by atoms with Gasteiger partial charge in [0.2, 0.25) is 0 Å². The maximum Gasteiger partial charge on any atom is 0.492 e. The number of thiophene rings is 2. The van der Waals surface area contributed by atoms with Gasteiger partial charge in [-0.05, 0) is 59.0 Å². The molecule has 15 heteroatoms. The van der Waals surface area contributed by atoms with Crippen LogP contribution in [-0.2, 0) is 0 Å². The minimum absolute atomic E-state index is 0.230. The number of furan rings is 2. The first-order chi connectivity index (χ1) is 34.3. The summed E-state index contributed by atoms with van der Waals surface area (Å²) < 4.78 is 17.9. The van der Waals surface area contributed by atoms with Crippen LogP contribution >= 0.6 is 57.5 Å². The molecule has 0 unspecified atom stereocenters. The van der Waals surface area contributed by atoms with Crippen LogP contribution in [0.1, 0.15) is 0 Å². The molecule has 0 aliphatic rings. The van der Waals surface area contributed by atoms with Crippen LogP contribution in [-0.4, -0.2) is 37.1 Å². The molecule has 7 heterocycles. The van der Waals surface area contributed by atoms with E-state index in [1.54, 1.807) is 34.8 Å². The van der Waals surface area contributed by atoms with Gasteiger partial charge in [0.05, 0.1) is 53.3 Å². The van der Waals surface area contributed by atoms with Crippen molar-refractivity contribution in [1.82, 2.24) is 19.9 Å². The summed E-state index contributed by atoms with van der Waals surface area (Å²) in [5.74, 6) is 1.41. The smallest absolute Gasteiger partial charge is 0.456 e. The molecule has 7 aromatic carbocycles. The zero-order chi connectivity index (χ0) is 47.5. The van der Waals surface area contributed by atoms with E-state index in [2.05, 4.69) is 40.3 Å². The fourth-order valence-corrected chi connectivity index (χ4v) is 11.8. The summed E-state index contributed by atoms with van der Waals surface area (Å²) in [4.78, 5) is 18.9. The van der Waals surface area contributed by atoms with Gasteiger partial charge < -0.3 is 18.9 Å². The predicted molar refractivity (Wildman–Crippen MR) is 288 cm³/mol. The highest BCUT2D eigenvalue weighted by molar-refractivity contribution is 7.27. The first kappa shape index (κ1) is 44.0. The van der Waals surface area contributed by atoms with Crippen LogP contribution < -0.4 is 10.0 Å². The lowest BCUT2D eigenvalue weighted by Gasteiger charge is -2.07. The number of nitrogens with zero attached hydrogens (tertiary/aromatic N) is 5. The Morgan fingerprint density at radius 2 is 0.986 bits per heavy atom. The third kappa shape index (κ3) is 7.80. The molecule has 0 aliphatic heterocycles. The highest BCUT2D eigenvalue weighted by atomic mass is 35.5. The normalized spacial score (nSPS) is 11.5. The number of pyridine rings is 1. The van der Waals surface area contributed by atoms with Gasteiger partial charge in [-0.15, -0.1) is 22.7 Å². The molecular formula is C55H32BCl3N5O4S2+. The minimum atomic E-state index is -1.51. The second-order valence-corrected chi connectivity index (χ2v) is 19.3. The van der Waals surface area contributed by atoms with Crippen LogP contribution in [0.2, 0.25) is 15.3 Å². The van der Waals surface area contributed by atoms with Crippen molar-refractivity contribution in [2.45, 2.75) is 0 Å². The molecule has 14 rings (SSSR count). The highest BCUT2D eigenvalue weighted by Crippen LogP contribution is 2.44. The topological polar surface area (TPSA) is 122 Å². The molecule has 0 aliphatic carbocycles. The lowest BCUT2D eigenvalue weighted by molar-refractivity contribution is -0.597. The molecule has 0 saturated carbocycles. The Kier molecular flexibility index (Phi) is 11.5. The largest absolute Gasteiger partial charge is 0.492 e. The number of para-hydroxylation sites is 4. The number of hydrogen-bond donors (Lipinski definition) is 2. The van der Waals surface area contributed by atoms with Crippen LogP contribution in [0.5, 0.6) is 0 Å². The molecule has 0 amide bonds. The van der Waals surface area contributed by atoms with Crippen molar-refractivity contribution >= 4 is 155 Å². The summed E-state index contributed by atoms with van der Waals surface area (Å²) in [7, 11) is -1.51. The van der Waals surface area contributed by atoms with Crippen molar-refractivity contribution in [3.63, 3.8) is 0 Å². The third-order valence-corrected chi connectivity index (χ3v) is 15.4. The number of aromatic nitrogens is 5. The molecule has 70 heavy (non-hydrogen) atoms.